The van der Waals surface area contributed by atoms with Crippen molar-refractivity contribution in [2.45, 2.75) is 6.04 Å². The molecule has 2 aromatic heterocycles. The maximum atomic E-state index is 12.4. The molecular weight excluding hydrogens is 362 g/mol. The van der Waals surface area contributed by atoms with Crippen LogP contribution < -0.4 is 4.74 Å². The molecule has 8 nitrogen and oxygen atoms in total. The second-order valence-electron chi connectivity index (χ2n) is 6.70. The first-order valence-corrected chi connectivity index (χ1v) is 9.03. The Labute approximate surface area is 161 Å². The van der Waals surface area contributed by atoms with Gasteiger partial charge < -0.3 is 24.1 Å². The van der Waals surface area contributed by atoms with Gasteiger partial charge in [0.2, 0.25) is 0 Å². The van der Waals surface area contributed by atoms with Crippen LogP contribution in [0.2, 0.25) is 0 Å². The number of ether oxygens (including phenoxy) is 1. The smallest absolute Gasteiger partial charge is 0.325 e. The minimum absolute atomic E-state index is 0.173. The Morgan fingerprint density at radius 3 is 2.64 bits per heavy atom. The van der Waals surface area contributed by atoms with E-state index in [2.05, 4.69) is 4.98 Å². The molecule has 1 saturated heterocycles. The van der Waals surface area contributed by atoms with Crippen LogP contribution in [0.15, 0.2) is 47.2 Å². The van der Waals surface area contributed by atoms with Crippen LogP contribution in [0.25, 0.3) is 10.9 Å². The van der Waals surface area contributed by atoms with Crippen LogP contribution in [0, 0.1) is 0 Å². The average molecular weight is 383 g/mol. The molecule has 2 N–H and O–H groups in total. The summed E-state index contributed by atoms with van der Waals surface area (Å²) in [5.41, 5.74) is 1.54. The van der Waals surface area contributed by atoms with Gasteiger partial charge in [0.05, 0.1) is 13.4 Å². The van der Waals surface area contributed by atoms with Crippen LogP contribution in [0.3, 0.4) is 0 Å². The molecule has 1 unspecified atom stereocenters. The molecule has 8 heteroatoms. The number of amides is 1. The van der Waals surface area contributed by atoms with Gasteiger partial charge in [-0.25, -0.2) is 0 Å². The minimum atomic E-state index is -0.922. The summed E-state index contributed by atoms with van der Waals surface area (Å²) < 4.78 is 10.5. The molecule has 4 rings (SSSR count). The molecule has 1 amide bonds. The highest BCUT2D eigenvalue weighted by Crippen LogP contribution is 2.31. The van der Waals surface area contributed by atoms with Gasteiger partial charge in [0.1, 0.15) is 11.8 Å². The van der Waals surface area contributed by atoms with Crippen molar-refractivity contribution in [2.75, 3.05) is 33.3 Å². The van der Waals surface area contributed by atoms with Crippen molar-refractivity contribution >= 4 is 22.8 Å². The number of aromatic amines is 1. The van der Waals surface area contributed by atoms with Gasteiger partial charge in [0.25, 0.3) is 5.91 Å². The third kappa shape index (κ3) is 3.22. The summed E-state index contributed by atoms with van der Waals surface area (Å²) >= 11 is 0. The Morgan fingerprint density at radius 1 is 1.21 bits per heavy atom. The first kappa shape index (κ1) is 18.1. The number of rotatable bonds is 5. The topological polar surface area (TPSA) is 99.0 Å². The maximum Gasteiger partial charge on any atom is 0.325 e. The van der Waals surface area contributed by atoms with E-state index in [0.29, 0.717) is 43.3 Å². The van der Waals surface area contributed by atoms with Gasteiger partial charge in [-0.05, 0) is 30.3 Å². The van der Waals surface area contributed by atoms with Crippen molar-refractivity contribution in [3.63, 3.8) is 0 Å². The number of nitrogens with one attached hydrogen (secondary N) is 1. The molecule has 1 aromatic carbocycles. The predicted molar refractivity (Wildman–Crippen MR) is 101 cm³/mol. The van der Waals surface area contributed by atoms with Gasteiger partial charge in [0.15, 0.2) is 5.76 Å². The third-order valence-electron chi connectivity index (χ3n) is 5.15. The molecule has 3 heterocycles. The van der Waals surface area contributed by atoms with Gasteiger partial charge in [0, 0.05) is 48.8 Å². The monoisotopic (exact) mass is 383 g/mol. The summed E-state index contributed by atoms with van der Waals surface area (Å²) in [4.78, 5) is 31.2. The predicted octanol–water partition coefficient (Wildman–Crippen LogP) is 2.35. The lowest BCUT2D eigenvalue weighted by atomic mass is 10.0. The summed E-state index contributed by atoms with van der Waals surface area (Å²) in [6.07, 6.45) is 3.21. The van der Waals surface area contributed by atoms with Gasteiger partial charge in [-0.1, -0.05) is 0 Å². The number of carbonyl (C=O) groups is 2. The first-order valence-electron chi connectivity index (χ1n) is 9.03. The lowest BCUT2D eigenvalue weighted by Crippen LogP contribution is -2.50. The van der Waals surface area contributed by atoms with Crippen molar-refractivity contribution < 1.29 is 23.8 Å². The van der Waals surface area contributed by atoms with E-state index in [4.69, 9.17) is 9.15 Å². The molecule has 1 aliphatic rings. The summed E-state index contributed by atoms with van der Waals surface area (Å²) in [5.74, 6) is -0.124. The number of carbonyl (C=O) groups excluding carboxylic acids is 1. The van der Waals surface area contributed by atoms with E-state index in [-0.39, 0.29) is 5.91 Å². The van der Waals surface area contributed by atoms with Crippen molar-refractivity contribution in [1.29, 1.82) is 0 Å². The van der Waals surface area contributed by atoms with Gasteiger partial charge in [-0.3, -0.25) is 14.5 Å². The molecule has 1 fully saturated rings. The maximum absolute atomic E-state index is 12.4. The highest BCUT2D eigenvalue weighted by atomic mass is 16.5. The van der Waals surface area contributed by atoms with Crippen LogP contribution in [0.1, 0.15) is 22.2 Å². The van der Waals surface area contributed by atoms with E-state index >= 15 is 0 Å². The summed E-state index contributed by atoms with van der Waals surface area (Å²) in [5, 5.41) is 10.7. The van der Waals surface area contributed by atoms with Crippen LogP contribution in [-0.4, -0.2) is 65.1 Å². The van der Waals surface area contributed by atoms with Crippen LogP contribution >= 0.6 is 0 Å². The Bertz CT molecular complexity index is 987. The molecule has 0 spiro atoms. The number of hydrogen-bond donors (Lipinski definition) is 2. The number of hydrogen-bond acceptors (Lipinski definition) is 5. The molecule has 1 aliphatic heterocycles. The fraction of sp³-hybridized carbons (Fsp3) is 0.300. The highest BCUT2D eigenvalue weighted by molar-refractivity contribution is 5.92. The largest absolute Gasteiger partial charge is 0.497 e. The highest BCUT2D eigenvalue weighted by Gasteiger charge is 2.33. The number of furan rings is 1. The summed E-state index contributed by atoms with van der Waals surface area (Å²) in [6.45, 7) is 1.80. The van der Waals surface area contributed by atoms with Crippen LogP contribution in [-0.2, 0) is 4.79 Å². The summed E-state index contributed by atoms with van der Waals surface area (Å²) in [6, 6.07) is 8.05. The number of H-pyrrole nitrogens is 1. The van der Waals surface area contributed by atoms with Crippen LogP contribution in [0.5, 0.6) is 5.75 Å². The number of methoxy groups -OCH3 is 1. The first-order chi connectivity index (χ1) is 13.6. The fourth-order valence-electron chi connectivity index (χ4n) is 3.70. The van der Waals surface area contributed by atoms with E-state index in [0.717, 1.165) is 10.9 Å². The zero-order valence-corrected chi connectivity index (χ0v) is 15.4. The number of aliphatic carboxylic acids is 1. The van der Waals surface area contributed by atoms with E-state index in [1.54, 1.807) is 30.3 Å². The lowest BCUT2D eigenvalue weighted by Gasteiger charge is -2.37. The molecule has 28 heavy (non-hydrogen) atoms. The number of carboxylic acid groups (broad SMARTS) is 1. The molecule has 0 radical (unpaired) electrons. The Balaban J connectivity index is 1.55. The zero-order chi connectivity index (χ0) is 19.7. The Hall–Kier alpha value is -3.26. The van der Waals surface area contributed by atoms with E-state index in [9.17, 15) is 14.7 Å². The molecule has 0 bridgehead atoms. The number of aromatic nitrogens is 1. The van der Waals surface area contributed by atoms with E-state index in [1.165, 1.54) is 6.26 Å². The standard InChI is InChI=1S/C20H21N3O5/c1-27-13-4-5-16-14(11-13)15(12-21-16)18(20(25)26)22-6-8-23(9-7-22)19(24)17-3-2-10-28-17/h2-5,10-12,18,21H,6-9H2,1H3,(H,25,26). The molecule has 0 saturated carbocycles. The quantitative estimate of drug-likeness (QED) is 0.702. The lowest BCUT2D eigenvalue weighted by molar-refractivity contribution is -0.144. The third-order valence-corrected chi connectivity index (χ3v) is 5.15. The van der Waals surface area contributed by atoms with Crippen molar-refractivity contribution in [3.8, 4) is 5.75 Å². The number of carboxylic acids is 1. The van der Waals surface area contributed by atoms with Gasteiger partial charge >= 0.3 is 5.97 Å². The van der Waals surface area contributed by atoms with Crippen LogP contribution in [0.4, 0.5) is 0 Å². The van der Waals surface area contributed by atoms with Crippen molar-refractivity contribution in [2.24, 2.45) is 0 Å². The molecule has 0 aliphatic carbocycles. The second-order valence-corrected chi connectivity index (χ2v) is 6.70. The number of nitrogens with zero attached hydrogens (tertiary/aromatic N) is 2. The van der Waals surface area contributed by atoms with Crippen molar-refractivity contribution in [3.05, 3.63) is 54.1 Å². The zero-order valence-electron chi connectivity index (χ0n) is 15.4. The van der Waals surface area contributed by atoms with Gasteiger partial charge in [-0.2, -0.15) is 0 Å². The Morgan fingerprint density at radius 2 is 2.00 bits per heavy atom. The normalized spacial score (nSPS) is 16.2. The second kappa shape index (κ2) is 7.40. The molecular formula is C20H21N3O5. The summed E-state index contributed by atoms with van der Waals surface area (Å²) in [7, 11) is 1.58. The Kier molecular flexibility index (Phi) is 4.79. The number of piperazine rings is 1. The average Bonchev–Trinajstić information content (AvgIpc) is 3.38. The minimum Gasteiger partial charge on any atom is -0.497 e. The van der Waals surface area contributed by atoms with Gasteiger partial charge in [-0.15, -0.1) is 0 Å². The fourth-order valence-corrected chi connectivity index (χ4v) is 3.70. The van der Waals surface area contributed by atoms with E-state index in [1.807, 2.05) is 23.1 Å². The molecule has 1 atom stereocenters. The molecule has 146 valence electrons. The number of benzene rings is 1. The van der Waals surface area contributed by atoms with Crippen molar-refractivity contribution in [1.82, 2.24) is 14.8 Å². The van der Waals surface area contributed by atoms with E-state index < -0.39 is 12.0 Å². The molecule has 3 aromatic rings. The SMILES string of the molecule is COc1ccc2[nH]cc(C(C(=O)O)N3CCN(C(=O)c4ccco4)CC3)c2c1. The number of fused-ring (bicyclic) bond motifs is 1.